The summed E-state index contributed by atoms with van der Waals surface area (Å²) in [4.78, 5) is 38.4. The Morgan fingerprint density at radius 3 is 0.727 bits per heavy atom. The van der Waals surface area contributed by atoms with Gasteiger partial charge in [0.05, 0.1) is 12.0 Å². The third-order valence-electron chi connectivity index (χ3n) is 12.9. The molecule has 0 aromatic rings. The predicted molar refractivity (Wildman–Crippen MR) is 281 cm³/mol. The van der Waals surface area contributed by atoms with Crippen molar-refractivity contribution in [3.63, 3.8) is 0 Å². The van der Waals surface area contributed by atoms with Gasteiger partial charge in [0.15, 0.2) is 0 Å². The molecule has 0 atom stereocenters. The van der Waals surface area contributed by atoms with Gasteiger partial charge in [-0.1, -0.05) is 211 Å². The van der Waals surface area contributed by atoms with Crippen LogP contribution in [0.1, 0.15) is 290 Å². The van der Waals surface area contributed by atoms with E-state index >= 15 is 0 Å². The molecule has 386 valence electrons. The van der Waals surface area contributed by atoms with Crippen LogP contribution < -0.4 is 0 Å². The summed E-state index contributed by atoms with van der Waals surface area (Å²) < 4.78 is 17.0. The Labute approximate surface area is 408 Å². The molecule has 0 aliphatic rings. The largest absolute Gasteiger partial charge is 0.465 e. The van der Waals surface area contributed by atoms with Crippen molar-refractivity contribution >= 4 is 17.9 Å². The standard InChI is InChI=1S/C59H108O7/c1-4-7-10-13-16-19-22-25-28-31-34-37-40-43-46-49-56(61)64-53-59(52-60,54-65-57(62)50-47-44-41-38-35-32-29-26-23-20-17-14-11-8-5-2)55-66-58(63)51-48-45-42-39-36-33-30-27-24-21-18-15-12-9-6-3/h25-30,60H,4-24,31-55H2,1-3H3. The first-order chi connectivity index (χ1) is 32.4. The molecule has 0 fully saturated rings. The predicted octanol–water partition coefficient (Wildman–Crippen LogP) is 17.7. The lowest BCUT2D eigenvalue weighted by Gasteiger charge is -2.30. The van der Waals surface area contributed by atoms with E-state index in [-0.39, 0.29) is 37.7 Å². The number of allylic oxidation sites excluding steroid dienone is 6. The monoisotopic (exact) mass is 929 g/mol. The topological polar surface area (TPSA) is 99.1 Å². The molecule has 0 saturated heterocycles. The second-order valence-corrected chi connectivity index (χ2v) is 19.6. The average Bonchev–Trinajstić information content (AvgIpc) is 3.32. The van der Waals surface area contributed by atoms with Crippen molar-refractivity contribution < 1.29 is 33.7 Å². The van der Waals surface area contributed by atoms with Gasteiger partial charge in [0, 0.05) is 19.3 Å². The number of aliphatic hydroxyl groups is 1. The zero-order chi connectivity index (χ0) is 48.1. The van der Waals surface area contributed by atoms with E-state index in [1.165, 1.54) is 154 Å². The zero-order valence-electron chi connectivity index (χ0n) is 43.9. The van der Waals surface area contributed by atoms with Crippen LogP contribution in [-0.2, 0) is 28.6 Å². The Balaban J connectivity index is 4.62. The molecule has 0 spiro atoms. The molecule has 0 aromatic carbocycles. The van der Waals surface area contributed by atoms with Gasteiger partial charge in [0.25, 0.3) is 0 Å². The van der Waals surface area contributed by atoms with E-state index in [0.717, 1.165) is 96.3 Å². The van der Waals surface area contributed by atoms with Crippen LogP contribution in [0.25, 0.3) is 0 Å². The fourth-order valence-electron chi connectivity index (χ4n) is 8.20. The second-order valence-electron chi connectivity index (χ2n) is 19.6. The van der Waals surface area contributed by atoms with Crippen molar-refractivity contribution in [1.82, 2.24) is 0 Å². The number of hydrogen-bond donors (Lipinski definition) is 1. The van der Waals surface area contributed by atoms with Gasteiger partial charge in [0.2, 0.25) is 0 Å². The van der Waals surface area contributed by atoms with Crippen molar-refractivity contribution in [2.75, 3.05) is 26.4 Å². The van der Waals surface area contributed by atoms with Crippen LogP contribution in [0.15, 0.2) is 36.5 Å². The first kappa shape index (κ1) is 63.6. The average molecular weight is 930 g/mol. The summed E-state index contributed by atoms with van der Waals surface area (Å²) in [6, 6.07) is 0. The minimum atomic E-state index is -1.20. The number of unbranched alkanes of at least 4 members (excludes halogenated alkanes) is 33. The Hall–Kier alpha value is -2.41. The molecule has 0 amide bonds. The molecular weight excluding hydrogens is 821 g/mol. The number of carbonyl (C=O) groups excluding carboxylic acids is 3. The molecule has 0 rings (SSSR count). The summed E-state index contributed by atoms with van der Waals surface area (Å²) in [7, 11) is 0. The third-order valence-corrected chi connectivity index (χ3v) is 12.9. The first-order valence-corrected chi connectivity index (χ1v) is 28.5. The van der Waals surface area contributed by atoms with Crippen LogP contribution in [0.3, 0.4) is 0 Å². The van der Waals surface area contributed by atoms with E-state index in [1.54, 1.807) is 0 Å². The van der Waals surface area contributed by atoms with Crippen LogP contribution in [0.2, 0.25) is 0 Å². The highest BCUT2D eigenvalue weighted by Crippen LogP contribution is 2.22. The highest BCUT2D eigenvalue weighted by molar-refractivity contribution is 5.70. The fraction of sp³-hybridized carbons (Fsp3) is 0.847. The maximum absolute atomic E-state index is 12.8. The number of carbonyl (C=O) groups is 3. The summed E-state index contributed by atoms with van der Waals surface area (Å²) in [5.74, 6) is -1.03. The van der Waals surface area contributed by atoms with Gasteiger partial charge >= 0.3 is 17.9 Å². The van der Waals surface area contributed by atoms with Crippen LogP contribution in [0, 0.1) is 5.41 Å². The highest BCUT2D eigenvalue weighted by atomic mass is 16.6. The lowest BCUT2D eigenvalue weighted by Crippen LogP contribution is -2.42. The Bertz CT molecular complexity index is 1010. The van der Waals surface area contributed by atoms with E-state index in [0.29, 0.717) is 19.3 Å². The van der Waals surface area contributed by atoms with Crippen LogP contribution in [0.5, 0.6) is 0 Å². The summed E-state index contributed by atoms with van der Waals surface area (Å²) in [5, 5.41) is 10.6. The van der Waals surface area contributed by atoms with E-state index in [4.69, 9.17) is 14.2 Å². The molecule has 0 aliphatic heterocycles. The minimum Gasteiger partial charge on any atom is -0.465 e. The quantitative estimate of drug-likeness (QED) is 0.0281. The summed E-state index contributed by atoms with van der Waals surface area (Å²) in [5.41, 5.74) is -1.20. The molecule has 7 heteroatoms. The third kappa shape index (κ3) is 46.7. The summed E-state index contributed by atoms with van der Waals surface area (Å²) >= 11 is 0. The van der Waals surface area contributed by atoms with Gasteiger partial charge in [-0.25, -0.2) is 0 Å². The molecule has 7 nitrogen and oxygen atoms in total. The minimum absolute atomic E-state index is 0.172. The van der Waals surface area contributed by atoms with Crippen molar-refractivity contribution in [3.8, 4) is 0 Å². The molecule has 1 N–H and O–H groups in total. The van der Waals surface area contributed by atoms with Gasteiger partial charge in [-0.15, -0.1) is 0 Å². The van der Waals surface area contributed by atoms with Crippen molar-refractivity contribution in [2.45, 2.75) is 290 Å². The molecule has 66 heavy (non-hydrogen) atoms. The fourth-order valence-corrected chi connectivity index (χ4v) is 8.20. The maximum atomic E-state index is 12.8. The smallest absolute Gasteiger partial charge is 0.305 e. The number of rotatable bonds is 52. The maximum Gasteiger partial charge on any atom is 0.305 e. The van der Waals surface area contributed by atoms with Gasteiger partial charge in [0.1, 0.15) is 19.8 Å². The van der Waals surface area contributed by atoms with E-state index < -0.39 is 12.0 Å². The molecule has 0 aromatic heterocycles. The van der Waals surface area contributed by atoms with Crippen LogP contribution in [-0.4, -0.2) is 49.4 Å². The zero-order valence-corrected chi connectivity index (χ0v) is 43.9. The normalized spacial score (nSPS) is 12.7. The molecule has 0 aliphatic carbocycles. The molecular formula is C59H108O7. The van der Waals surface area contributed by atoms with Gasteiger partial charge < -0.3 is 19.3 Å². The number of aliphatic hydroxyl groups excluding tert-OH is 1. The van der Waals surface area contributed by atoms with Gasteiger partial charge in [-0.2, -0.15) is 0 Å². The Morgan fingerprint density at radius 1 is 0.318 bits per heavy atom. The number of hydrogen-bond acceptors (Lipinski definition) is 7. The summed E-state index contributed by atoms with van der Waals surface area (Å²) in [6.45, 7) is 5.82. The van der Waals surface area contributed by atoms with E-state index in [1.807, 2.05) is 0 Å². The Kier molecular flexibility index (Phi) is 50.1. The number of ether oxygens (including phenoxy) is 3. The molecule has 0 heterocycles. The van der Waals surface area contributed by atoms with E-state index in [2.05, 4.69) is 57.2 Å². The molecule has 0 bridgehead atoms. The second kappa shape index (κ2) is 52.0. The summed E-state index contributed by atoms with van der Waals surface area (Å²) in [6.07, 6.45) is 61.1. The van der Waals surface area contributed by atoms with Crippen LogP contribution in [0.4, 0.5) is 0 Å². The molecule has 0 radical (unpaired) electrons. The van der Waals surface area contributed by atoms with E-state index in [9.17, 15) is 19.5 Å². The van der Waals surface area contributed by atoms with Gasteiger partial charge in [-0.05, 0) is 96.3 Å². The SMILES string of the molecule is CCCCCCCCC=CCCCCCCCC(=O)OCC(CO)(COC(=O)CCCCCCCC=CCCCCCCCC)COC(=O)CCCCCCCC=CCCCCCCCC. The van der Waals surface area contributed by atoms with Crippen molar-refractivity contribution in [1.29, 1.82) is 0 Å². The Morgan fingerprint density at radius 2 is 0.515 bits per heavy atom. The van der Waals surface area contributed by atoms with Crippen LogP contribution >= 0.6 is 0 Å². The van der Waals surface area contributed by atoms with Crippen molar-refractivity contribution in [2.24, 2.45) is 5.41 Å². The van der Waals surface area contributed by atoms with Gasteiger partial charge in [-0.3, -0.25) is 14.4 Å². The number of esters is 3. The van der Waals surface area contributed by atoms with Crippen molar-refractivity contribution in [3.05, 3.63) is 36.5 Å². The first-order valence-electron chi connectivity index (χ1n) is 28.5. The molecule has 0 saturated carbocycles. The lowest BCUT2D eigenvalue weighted by molar-refractivity contribution is -0.165. The molecule has 0 unspecified atom stereocenters. The highest BCUT2D eigenvalue weighted by Gasteiger charge is 2.35. The lowest BCUT2D eigenvalue weighted by atomic mass is 9.92.